The van der Waals surface area contributed by atoms with Crippen molar-refractivity contribution in [3.63, 3.8) is 0 Å². The summed E-state index contributed by atoms with van der Waals surface area (Å²) in [6.07, 6.45) is 0. The molecule has 0 saturated carbocycles. The lowest BCUT2D eigenvalue weighted by atomic mass is 10.1. The van der Waals surface area contributed by atoms with Gasteiger partial charge >= 0.3 is 0 Å². The Morgan fingerprint density at radius 2 is 1.58 bits per heavy atom. The van der Waals surface area contributed by atoms with Gasteiger partial charge in [-0.1, -0.05) is 23.7 Å². The van der Waals surface area contributed by atoms with Crippen LogP contribution in [0.5, 0.6) is 5.75 Å². The average molecular weight is 436 g/mol. The third-order valence-electron chi connectivity index (χ3n) is 4.62. The highest BCUT2D eigenvalue weighted by molar-refractivity contribution is 6.31. The number of halogens is 1. The Kier molecular flexibility index (Phi) is 5.81. The topological polar surface area (TPSA) is 109 Å². The molecule has 1 aromatic heterocycles. The zero-order chi connectivity index (χ0) is 21.8. The van der Waals surface area contributed by atoms with Gasteiger partial charge in [0.2, 0.25) is 0 Å². The predicted octanol–water partition coefficient (Wildman–Crippen LogP) is 3.57. The third-order valence-corrected chi connectivity index (χ3v) is 5.04. The maximum atomic E-state index is 12.3. The van der Waals surface area contributed by atoms with E-state index >= 15 is 0 Å². The number of carbonyl (C=O) groups is 2. The number of carbonyl (C=O) groups excluding carboxylic acids is 2. The van der Waals surface area contributed by atoms with Crippen LogP contribution in [0.4, 0.5) is 0 Å². The number of ether oxygens (including phenoxy) is 1. The second-order valence-corrected chi connectivity index (χ2v) is 7.24. The summed E-state index contributed by atoms with van der Waals surface area (Å²) in [6.45, 7) is 2.26. The molecule has 0 aliphatic carbocycles. The van der Waals surface area contributed by atoms with Gasteiger partial charge in [0.05, 0.1) is 0 Å². The summed E-state index contributed by atoms with van der Waals surface area (Å²) in [5, 5.41) is 11.0. The Labute approximate surface area is 182 Å². The molecule has 0 aliphatic rings. The summed E-state index contributed by atoms with van der Waals surface area (Å²) in [5.74, 6) is -0.173. The number of aryl methyl sites for hydroxylation is 1. The molecular weight excluding hydrogens is 418 g/mol. The zero-order valence-corrected chi connectivity index (χ0v) is 17.2. The lowest BCUT2D eigenvalue weighted by molar-refractivity contribution is 0.0846. The van der Waals surface area contributed by atoms with Gasteiger partial charge in [-0.15, -0.1) is 0 Å². The molecule has 156 valence electrons. The molecular formula is C22H18ClN5O3. The van der Waals surface area contributed by atoms with Crippen molar-refractivity contribution in [2.45, 2.75) is 13.5 Å². The van der Waals surface area contributed by atoms with Crippen LogP contribution in [0.15, 0.2) is 60.7 Å². The van der Waals surface area contributed by atoms with E-state index in [1.807, 2.05) is 13.0 Å². The van der Waals surface area contributed by atoms with Crippen molar-refractivity contribution in [3.8, 4) is 5.75 Å². The molecule has 31 heavy (non-hydrogen) atoms. The molecule has 0 saturated heterocycles. The van der Waals surface area contributed by atoms with Gasteiger partial charge in [0.25, 0.3) is 11.8 Å². The molecule has 2 amide bonds. The van der Waals surface area contributed by atoms with Crippen LogP contribution < -0.4 is 15.6 Å². The lowest BCUT2D eigenvalue weighted by Gasteiger charge is -2.09. The van der Waals surface area contributed by atoms with E-state index in [0.29, 0.717) is 33.8 Å². The fourth-order valence-electron chi connectivity index (χ4n) is 2.87. The molecule has 9 heteroatoms. The van der Waals surface area contributed by atoms with Crippen LogP contribution in [0.2, 0.25) is 5.02 Å². The fraction of sp³-hybridized carbons (Fsp3) is 0.0909. The number of benzene rings is 3. The van der Waals surface area contributed by atoms with Crippen molar-refractivity contribution in [2.24, 2.45) is 0 Å². The molecule has 0 unspecified atom stereocenters. The van der Waals surface area contributed by atoms with Crippen LogP contribution in [-0.2, 0) is 6.61 Å². The number of H-pyrrole nitrogens is 1. The van der Waals surface area contributed by atoms with E-state index < -0.39 is 11.8 Å². The summed E-state index contributed by atoms with van der Waals surface area (Å²) < 4.78 is 5.75. The predicted molar refractivity (Wildman–Crippen MR) is 116 cm³/mol. The number of hydrazine groups is 1. The molecule has 4 rings (SSSR count). The number of nitrogens with one attached hydrogen (secondary N) is 3. The number of hydrogen-bond donors (Lipinski definition) is 3. The highest BCUT2D eigenvalue weighted by Crippen LogP contribution is 2.22. The lowest BCUT2D eigenvalue weighted by Crippen LogP contribution is -2.41. The van der Waals surface area contributed by atoms with Crippen LogP contribution in [0.25, 0.3) is 11.0 Å². The SMILES string of the molecule is Cc1cc(OCc2ccc(C(=O)NNC(=O)c3ccc4n[nH]nc4c3)cc2)ccc1Cl. The first-order chi connectivity index (χ1) is 15.0. The summed E-state index contributed by atoms with van der Waals surface area (Å²) in [5.41, 5.74) is 8.60. The first-order valence-electron chi connectivity index (χ1n) is 9.39. The van der Waals surface area contributed by atoms with Crippen molar-refractivity contribution >= 4 is 34.4 Å². The molecule has 3 aromatic carbocycles. The molecule has 0 spiro atoms. The Hall–Kier alpha value is -3.91. The number of hydrogen-bond acceptors (Lipinski definition) is 5. The van der Waals surface area contributed by atoms with Crippen molar-refractivity contribution in [3.05, 3.63) is 87.9 Å². The Morgan fingerprint density at radius 1 is 0.903 bits per heavy atom. The van der Waals surface area contributed by atoms with Crippen LogP contribution in [0.3, 0.4) is 0 Å². The number of nitrogens with zero attached hydrogens (tertiary/aromatic N) is 2. The van der Waals surface area contributed by atoms with Gasteiger partial charge in [-0.25, -0.2) is 0 Å². The monoisotopic (exact) mass is 435 g/mol. The smallest absolute Gasteiger partial charge is 0.269 e. The van der Waals surface area contributed by atoms with Crippen molar-refractivity contribution < 1.29 is 14.3 Å². The largest absolute Gasteiger partial charge is 0.489 e. The number of fused-ring (bicyclic) bond motifs is 1. The maximum Gasteiger partial charge on any atom is 0.269 e. The molecule has 0 radical (unpaired) electrons. The van der Waals surface area contributed by atoms with Gasteiger partial charge in [-0.05, 0) is 66.6 Å². The zero-order valence-electron chi connectivity index (χ0n) is 16.5. The van der Waals surface area contributed by atoms with Crippen LogP contribution in [0.1, 0.15) is 31.8 Å². The molecule has 0 atom stereocenters. The summed E-state index contributed by atoms with van der Waals surface area (Å²) >= 11 is 6.02. The van der Waals surface area contributed by atoms with Crippen molar-refractivity contribution in [1.82, 2.24) is 26.3 Å². The van der Waals surface area contributed by atoms with Gasteiger partial charge in [-0.3, -0.25) is 20.4 Å². The molecule has 4 aromatic rings. The van der Waals surface area contributed by atoms with E-state index in [0.717, 1.165) is 16.9 Å². The minimum absolute atomic E-state index is 0.351. The second-order valence-electron chi connectivity index (χ2n) is 6.83. The second kappa shape index (κ2) is 8.85. The van der Waals surface area contributed by atoms with Crippen molar-refractivity contribution in [2.75, 3.05) is 0 Å². The fourth-order valence-corrected chi connectivity index (χ4v) is 2.98. The highest BCUT2D eigenvalue weighted by Gasteiger charge is 2.11. The molecule has 0 bridgehead atoms. The highest BCUT2D eigenvalue weighted by atomic mass is 35.5. The van der Waals surface area contributed by atoms with Gasteiger partial charge in [-0.2, -0.15) is 15.4 Å². The van der Waals surface area contributed by atoms with E-state index in [2.05, 4.69) is 26.3 Å². The average Bonchev–Trinajstić information content (AvgIpc) is 3.26. The first kappa shape index (κ1) is 20.4. The minimum atomic E-state index is -0.457. The Balaban J connectivity index is 1.31. The number of aromatic nitrogens is 3. The van der Waals surface area contributed by atoms with Crippen LogP contribution in [0, 0.1) is 6.92 Å². The van der Waals surface area contributed by atoms with Gasteiger partial charge in [0.1, 0.15) is 23.4 Å². The van der Waals surface area contributed by atoms with E-state index in [1.54, 1.807) is 54.6 Å². The van der Waals surface area contributed by atoms with E-state index in [4.69, 9.17) is 16.3 Å². The molecule has 1 heterocycles. The number of amides is 2. The quantitative estimate of drug-likeness (QED) is 0.415. The van der Waals surface area contributed by atoms with E-state index in [1.165, 1.54) is 0 Å². The molecule has 0 fully saturated rings. The van der Waals surface area contributed by atoms with Crippen LogP contribution >= 0.6 is 11.6 Å². The first-order valence-corrected chi connectivity index (χ1v) is 9.76. The third kappa shape index (κ3) is 4.81. The van der Waals surface area contributed by atoms with E-state index in [-0.39, 0.29) is 0 Å². The minimum Gasteiger partial charge on any atom is -0.489 e. The summed E-state index contributed by atoms with van der Waals surface area (Å²) in [7, 11) is 0. The Morgan fingerprint density at radius 3 is 2.32 bits per heavy atom. The van der Waals surface area contributed by atoms with Crippen LogP contribution in [-0.4, -0.2) is 27.2 Å². The number of aromatic amines is 1. The maximum absolute atomic E-state index is 12.3. The van der Waals surface area contributed by atoms with Gasteiger partial charge in [0, 0.05) is 16.1 Å². The van der Waals surface area contributed by atoms with Gasteiger partial charge < -0.3 is 4.74 Å². The van der Waals surface area contributed by atoms with Crippen molar-refractivity contribution in [1.29, 1.82) is 0 Å². The van der Waals surface area contributed by atoms with E-state index in [9.17, 15) is 9.59 Å². The molecule has 8 nitrogen and oxygen atoms in total. The normalized spacial score (nSPS) is 10.6. The molecule has 3 N–H and O–H groups in total. The molecule has 0 aliphatic heterocycles. The Bertz CT molecular complexity index is 1250. The summed E-state index contributed by atoms with van der Waals surface area (Å²) in [4.78, 5) is 24.6. The van der Waals surface area contributed by atoms with Gasteiger partial charge in [0.15, 0.2) is 0 Å². The number of rotatable bonds is 5. The summed E-state index contributed by atoms with van der Waals surface area (Å²) in [6, 6.07) is 17.2. The standard InChI is InChI=1S/C22H18ClN5O3/c1-13-10-17(7-8-18(13)23)31-12-14-2-4-15(5-3-14)21(29)26-27-22(30)16-6-9-19-20(11-16)25-28-24-19/h2-11H,12H2,1H3,(H,26,29)(H,27,30)(H,24,25,28).